The summed E-state index contributed by atoms with van der Waals surface area (Å²) in [6.45, 7) is 3.75. The highest BCUT2D eigenvalue weighted by Gasteiger charge is 2.57. The SMILES string of the molecule is COc1cc(OC)c2cc(C(=O)[C@H]3O[C@@H]4OC(C)(C)O[C@@H]4[C@H]3OCc3ccccc3)c(=O)oc2c1. The zero-order valence-corrected chi connectivity index (χ0v) is 19.8. The Morgan fingerprint density at radius 3 is 2.51 bits per heavy atom. The highest BCUT2D eigenvalue weighted by Crippen LogP contribution is 2.40. The molecule has 0 amide bonds. The summed E-state index contributed by atoms with van der Waals surface area (Å²) in [7, 11) is 2.97. The lowest BCUT2D eigenvalue weighted by Gasteiger charge is -2.25. The fourth-order valence-corrected chi connectivity index (χ4v) is 4.41. The van der Waals surface area contributed by atoms with Crippen molar-refractivity contribution in [2.45, 2.75) is 50.8 Å². The molecule has 9 nitrogen and oxygen atoms in total. The average molecular weight is 482 g/mol. The minimum Gasteiger partial charge on any atom is -0.496 e. The minimum atomic E-state index is -1.13. The lowest BCUT2D eigenvalue weighted by atomic mass is 10.0. The second kappa shape index (κ2) is 9.09. The first-order valence-electron chi connectivity index (χ1n) is 11.2. The summed E-state index contributed by atoms with van der Waals surface area (Å²) in [6.07, 6.45) is -3.39. The van der Waals surface area contributed by atoms with Crippen LogP contribution in [-0.4, -0.2) is 50.4 Å². The highest BCUT2D eigenvalue weighted by atomic mass is 16.8. The fourth-order valence-electron chi connectivity index (χ4n) is 4.41. The minimum absolute atomic E-state index is 0.182. The third-order valence-corrected chi connectivity index (χ3v) is 6.04. The second-order valence-electron chi connectivity index (χ2n) is 8.84. The van der Waals surface area contributed by atoms with E-state index >= 15 is 0 Å². The smallest absolute Gasteiger partial charge is 0.347 e. The van der Waals surface area contributed by atoms with Crippen LogP contribution in [0.25, 0.3) is 11.0 Å². The third-order valence-electron chi connectivity index (χ3n) is 6.04. The molecule has 2 aromatic carbocycles. The number of hydrogen-bond acceptors (Lipinski definition) is 9. The van der Waals surface area contributed by atoms with Gasteiger partial charge in [0.1, 0.15) is 34.9 Å². The largest absolute Gasteiger partial charge is 0.496 e. The van der Waals surface area contributed by atoms with Gasteiger partial charge in [0.05, 0.1) is 26.2 Å². The van der Waals surface area contributed by atoms with Gasteiger partial charge >= 0.3 is 5.63 Å². The maximum Gasteiger partial charge on any atom is 0.347 e. The van der Waals surface area contributed by atoms with Gasteiger partial charge in [-0.1, -0.05) is 30.3 Å². The summed E-state index contributed by atoms with van der Waals surface area (Å²) < 4.78 is 40.0. The van der Waals surface area contributed by atoms with Crippen LogP contribution in [0.4, 0.5) is 0 Å². The van der Waals surface area contributed by atoms with Gasteiger partial charge in [0.25, 0.3) is 0 Å². The third kappa shape index (κ3) is 4.43. The predicted molar refractivity (Wildman–Crippen MR) is 124 cm³/mol. The quantitative estimate of drug-likeness (QED) is 0.370. The van der Waals surface area contributed by atoms with Gasteiger partial charge in [-0.25, -0.2) is 4.79 Å². The highest BCUT2D eigenvalue weighted by molar-refractivity contribution is 6.02. The molecule has 9 heteroatoms. The van der Waals surface area contributed by atoms with Gasteiger partial charge in [-0.3, -0.25) is 4.79 Å². The van der Waals surface area contributed by atoms with Crippen molar-refractivity contribution in [3.63, 3.8) is 0 Å². The molecule has 4 atom stereocenters. The predicted octanol–water partition coefficient (Wildman–Crippen LogP) is 3.45. The molecule has 0 radical (unpaired) electrons. The number of fused-ring (bicyclic) bond motifs is 2. The van der Waals surface area contributed by atoms with E-state index in [0.717, 1.165) is 5.56 Å². The first-order valence-corrected chi connectivity index (χ1v) is 11.2. The number of hydrogen-bond donors (Lipinski definition) is 0. The number of rotatable bonds is 7. The van der Waals surface area contributed by atoms with Crippen molar-refractivity contribution in [2.75, 3.05) is 14.2 Å². The molecule has 184 valence electrons. The summed E-state index contributed by atoms with van der Waals surface area (Å²) in [5, 5.41) is 0.449. The van der Waals surface area contributed by atoms with Gasteiger partial charge in [-0.2, -0.15) is 0 Å². The van der Waals surface area contributed by atoms with Crippen molar-refractivity contribution in [1.29, 1.82) is 0 Å². The van der Waals surface area contributed by atoms with E-state index in [1.807, 2.05) is 30.3 Å². The van der Waals surface area contributed by atoms with Crippen molar-refractivity contribution in [3.05, 3.63) is 70.1 Å². The number of Topliss-reactive ketones (excluding diaryl/α,β-unsaturated/α-hetero) is 1. The van der Waals surface area contributed by atoms with E-state index in [0.29, 0.717) is 16.9 Å². The number of benzene rings is 2. The molecule has 3 heterocycles. The molecule has 3 aromatic rings. The maximum absolute atomic E-state index is 13.6. The molecule has 0 aliphatic carbocycles. The van der Waals surface area contributed by atoms with Crippen molar-refractivity contribution in [3.8, 4) is 11.5 Å². The fraction of sp³-hybridized carbons (Fsp3) is 0.385. The monoisotopic (exact) mass is 482 g/mol. The molecule has 0 unspecified atom stereocenters. The molecule has 0 N–H and O–H groups in total. The standard InChI is InChI=1S/C26H26O9/c1-26(2)34-23-22(31-13-14-8-6-5-7-9-14)21(33-25(23)35-26)20(27)17-12-16-18(30-4)10-15(29-3)11-19(16)32-24(17)28/h5-12,21-23,25H,13H2,1-4H3/t21-,22+,23-,25-/m1/s1. The van der Waals surface area contributed by atoms with Gasteiger partial charge in [0.15, 0.2) is 18.2 Å². The number of ketones is 1. The molecule has 0 spiro atoms. The Labute approximate surface area is 201 Å². The van der Waals surface area contributed by atoms with Crippen LogP contribution in [0.2, 0.25) is 0 Å². The van der Waals surface area contributed by atoms with Gasteiger partial charge in [-0.15, -0.1) is 0 Å². The van der Waals surface area contributed by atoms with Crippen LogP contribution in [-0.2, 0) is 25.6 Å². The van der Waals surface area contributed by atoms with Crippen LogP contribution in [0.15, 0.2) is 57.7 Å². The molecule has 0 bridgehead atoms. The van der Waals surface area contributed by atoms with Crippen molar-refractivity contribution in [1.82, 2.24) is 0 Å². The molecule has 2 fully saturated rings. The molecule has 5 rings (SSSR count). The Morgan fingerprint density at radius 2 is 1.80 bits per heavy atom. The van der Waals surface area contributed by atoms with E-state index in [2.05, 4.69) is 0 Å². The summed E-state index contributed by atoms with van der Waals surface area (Å²) in [5.74, 6) is -0.635. The number of carbonyl (C=O) groups is 1. The maximum atomic E-state index is 13.6. The molecule has 1 aromatic heterocycles. The Kier molecular flexibility index (Phi) is 6.10. The zero-order valence-electron chi connectivity index (χ0n) is 19.8. The van der Waals surface area contributed by atoms with E-state index in [-0.39, 0.29) is 17.8 Å². The molecular formula is C26H26O9. The summed E-state index contributed by atoms with van der Waals surface area (Å²) in [5.41, 5.74) is 0.169. The van der Waals surface area contributed by atoms with E-state index in [9.17, 15) is 9.59 Å². The molecule has 2 aliphatic heterocycles. The van der Waals surface area contributed by atoms with Crippen LogP contribution < -0.4 is 15.1 Å². The molecule has 35 heavy (non-hydrogen) atoms. The Bertz CT molecular complexity index is 1300. The second-order valence-corrected chi connectivity index (χ2v) is 8.84. The van der Waals surface area contributed by atoms with E-state index in [1.165, 1.54) is 20.3 Å². The Balaban J connectivity index is 1.49. The lowest BCUT2D eigenvalue weighted by molar-refractivity contribution is -0.212. The van der Waals surface area contributed by atoms with Crippen molar-refractivity contribution in [2.24, 2.45) is 0 Å². The molecule has 2 saturated heterocycles. The van der Waals surface area contributed by atoms with Gasteiger partial charge in [-0.05, 0) is 25.5 Å². The van der Waals surface area contributed by atoms with E-state index in [4.69, 9.17) is 32.8 Å². The number of methoxy groups -OCH3 is 2. The topological polar surface area (TPSA) is 103 Å². The summed E-state index contributed by atoms with van der Waals surface area (Å²) >= 11 is 0. The molecule has 2 aliphatic rings. The first kappa shape index (κ1) is 23.5. The van der Waals surface area contributed by atoms with Gasteiger partial charge < -0.3 is 32.8 Å². The van der Waals surface area contributed by atoms with Crippen molar-refractivity contribution < 1.29 is 37.6 Å². The van der Waals surface area contributed by atoms with Crippen LogP contribution in [0, 0.1) is 0 Å². The first-order chi connectivity index (χ1) is 16.8. The van der Waals surface area contributed by atoms with Crippen LogP contribution in [0.1, 0.15) is 29.8 Å². The zero-order chi connectivity index (χ0) is 24.7. The summed E-state index contributed by atoms with van der Waals surface area (Å²) in [4.78, 5) is 26.4. The Morgan fingerprint density at radius 1 is 1.03 bits per heavy atom. The average Bonchev–Trinajstić information content (AvgIpc) is 3.33. The number of ether oxygens (including phenoxy) is 6. The normalized spacial score (nSPS) is 24.9. The number of carbonyl (C=O) groups excluding carboxylic acids is 1. The van der Waals surface area contributed by atoms with Crippen molar-refractivity contribution >= 4 is 16.8 Å². The lowest BCUT2D eigenvalue weighted by Crippen LogP contribution is -2.41. The van der Waals surface area contributed by atoms with E-state index in [1.54, 1.807) is 26.0 Å². The van der Waals surface area contributed by atoms with Gasteiger partial charge in [0.2, 0.25) is 5.78 Å². The summed E-state index contributed by atoms with van der Waals surface area (Å²) in [6, 6.07) is 14.2. The van der Waals surface area contributed by atoms with Crippen LogP contribution in [0.3, 0.4) is 0 Å². The van der Waals surface area contributed by atoms with E-state index < -0.39 is 41.8 Å². The van der Waals surface area contributed by atoms with Gasteiger partial charge in [0, 0.05) is 12.1 Å². The molecular weight excluding hydrogens is 456 g/mol. The van der Waals surface area contributed by atoms with Crippen LogP contribution in [0.5, 0.6) is 11.5 Å². The Hall–Kier alpha value is -3.24. The van der Waals surface area contributed by atoms with Crippen LogP contribution >= 0.6 is 0 Å². The molecule has 0 saturated carbocycles.